The molecule has 0 aliphatic carbocycles. The predicted octanol–water partition coefficient (Wildman–Crippen LogP) is 5.94. The maximum Gasteiger partial charge on any atom is 0.230 e. The molecule has 0 unspecified atom stereocenters. The average molecular weight is 336 g/mol. The van der Waals surface area contributed by atoms with Crippen LogP contribution in [0, 0.1) is 0 Å². The van der Waals surface area contributed by atoms with E-state index in [-0.39, 0.29) is 0 Å². The molecular formula is C22H12N2O2. The molecule has 6 rings (SSSR count). The molecule has 0 saturated heterocycles. The third-order valence-corrected chi connectivity index (χ3v) is 4.76. The van der Waals surface area contributed by atoms with E-state index in [1.807, 2.05) is 60.8 Å². The summed E-state index contributed by atoms with van der Waals surface area (Å²) in [7, 11) is 0. The Morgan fingerprint density at radius 3 is 2.31 bits per heavy atom. The number of hydrogen-bond acceptors (Lipinski definition) is 4. The molecule has 3 aromatic heterocycles. The molecule has 3 aromatic carbocycles. The Morgan fingerprint density at radius 2 is 1.38 bits per heavy atom. The monoisotopic (exact) mass is 336 g/mol. The Balaban J connectivity index is 1.65. The fraction of sp³-hybridized carbons (Fsp3) is 0. The second kappa shape index (κ2) is 4.92. The van der Waals surface area contributed by atoms with Crippen LogP contribution < -0.4 is 0 Å². The Kier molecular flexibility index (Phi) is 2.58. The van der Waals surface area contributed by atoms with E-state index in [4.69, 9.17) is 8.83 Å². The quantitative estimate of drug-likeness (QED) is 0.373. The zero-order valence-corrected chi connectivity index (χ0v) is 13.6. The first-order chi connectivity index (χ1) is 12.9. The Hall–Kier alpha value is -3.66. The van der Waals surface area contributed by atoms with Crippen LogP contribution in [-0.4, -0.2) is 9.97 Å². The molecule has 0 fully saturated rings. The van der Waals surface area contributed by atoms with E-state index in [0.29, 0.717) is 11.5 Å². The highest BCUT2D eigenvalue weighted by Gasteiger charge is 2.15. The first kappa shape index (κ1) is 13.6. The van der Waals surface area contributed by atoms with Gasteiger partial charge < -0.3 is 8.83 Å². The molecule has 26 heavy (non-hydrogen) atoms. The molecule has 0 saturated carbocycles. The molecule has 0 bridgehead atoms. The van der Waals surface area contributed by atoms with Gasteiger partial charge in [-0.05, 0) is 12.1 Å². The van der Waals surface area contributed by atoms with Crippen LogP contribution in [-0.2, 0) is 0 Å². The lowest BCUT2D eigenvalue weighted by molar-refractivity contribution is 0.647. The van der Waals surface area contributed by atoms with Gasteiger partial charge in [-0.3, -0.25) is 0 Å². The van der Waals surface area contributed by atoms with Crippen molar-refractivity contribution in [1.29, 1.82) is 0 Å². The molecule has 0 spiro atoms. The Bertz CT molecular complexity index is 1430. The summed E-state index contributed by atoms with van der Waals surface area (Å²) in [5, 5.41) is 4.08. The van der Waals surface area contributed by atoms with Gasteiger partial charge in [0.05, 0.1) is 5.39 Å². The Labute approximate surface area is 147 Å². The van der Waals surface area contributed by atoms with Crippen molar-refractivity contribution in [2.45, 2.75) is 0 Å². The highest BCUT2D eigenvalue weighted by molar-refractivity contribution is 6.14. The van der Waals surface area contributed by atoms with Crippen molar-refractivity contribution in [1.82, 2.24) is 9.97 Å². The van der Waals surface area contributed by atoms with E-state index in [2.05, 4.69) is 22.1 Å². The molecule has 4 nitrogen and oxygen atoms in total. The minimum atomic E-state index is 0.589. The van der Waals surface area contributed by atoms with Crippen molar-refractivity contribution in [2.24, 2.45) is 0 Å². The van der Waals surface area contributed by atoms with E-state index < -0.39 is 0 Å². The van der Waals surface area contributed by atoms with E-state index in [0.717, 1.165) is 43.9 Å². The van der Waals surface area contributed by atoms with Crippen molar-refractivity contribution < 1.29 is 8.83 Å². The van der Waals surface area contributed by atoms with Gasteiger partial charge in [-0.1, -0.05) is 48.5 Å². The van der Waals surface area contributed by atoms with Crippen LogP contribution in [0.1, 0.15) is 0 Å². The summed E-state index contributed by atoms with van der Waals surface area (Å²) in [5.74, 6) is 0.659. The van der Waals surface area contributed by atoms with Crippen molar-refractivity contribution in [2.75, 3.05) is 0 Å². The SMILES string of the molecule is c1ccc(-c2ncc3c(n2)oc2cc4oc5ccccc5c4cc23)cc1. The van der Waals surface area contributed by atoms with Gasteiger partial charge in [0.15, 0.2) is 5.82 Å². The highest BCUT2D eigenvalue weighted by atomic mass is 16.3. The standard InChI is InChI=1S/C22H12N2O2/c1-2-6-13(7-3-1)21-23-12-17-16-10-15-14-8-4-5-9-18(14)25-19(15)11-20(16)26-22(17)24-21/h1-12H. The number of rotatable bonds is 1. The smallest absolute Gasteiger partial charge is 0.230 e. The second-order valence-corrected chi connectivity index (χ2v) is 6.32. The van der Waals surface area contributed by atoms with Crippen molar-refractivity contribution in [3.05, 3.63) is 72.9 Å². The van der Waals surface area contributed by atoms with Crippen molar-refractivity contribution >= 4 is 44.0 Å². The molecule has 0 amide bonds. The Morgan fingerprint density at radius 1 is 0.615 bits per heavy atom. The molecule has 3 heterocycles. The van der Waals surface area contributed by atoms with Gasteiger partial charge in [0, 0.05) is 34.0 Å². The van der Waals surface area contributed by atoms with Gasteiger partial charge in [-0.25, -0.2) is 4.98 Å². The maximum atomic E-state index is 6.01. The molecule has 0 aliphatic rings. The zero-order chi connectivity index (χ0) is 17.1. The lowest BCUT2D eigenvalue weighted by Crippen LogP contribution is -1.87. The fourth-order valence-corrected chi connectivity index (χ4v) is 3.51. The molecular weight excluding hydrogens is 324 g/mol. The topological polar surface area (TPSA) is 52.1 Å². The third kappa shape index (κ3) is 1.84. The summed E-state index contributed by atoms with van der Waals surface area (Å²) in [6, 6.07) is 22.0. The first-order valence-corrected chi connectivity index (χ1v) is 8.43. The van der Waals surface area contributed by atoms with E-state index in [1.54, 1.807) is 0 Å². The summed E-state index contributed by atoms with van der Waals surface area (Å²) in [5.41, 5.74) is 4.00. The van der Waals surface area contributed by atoms with Gasteiger partial charge in [0.2, 0.25) is 5.71 Å². The largest absolute Gasteiger partial charge is 0.456 e. The highest BCUT2D eigenvalue weighted by Crippen LogP contribution is 2.36. The third-order valence-electron chi connectivity index (χ3n) is 4.76. The maximum absolute atomic E-state index is 6.01. The molecule has 0 N–H and O–H groups in total. The van der Waals surface area contributed by atoms with Gasteiger partial charge in [-0.2, -0.15) is 4.98 Å². The lowest BCUT2D eigenvalue weighted by Gasteiger charge is -1.98. The number of fused-ring (bicyclic) bond motifs is 6. The average Bonchev–Trinajstić information content (AvgIpc) is 3.23. The number of hydrogen-bond donors (Lipinski definition) is 0. The van der Waals surface area contributed by atoms with Crippen LogP contribution in [0.2, 0.25) is 0 Å². The number of nitrogens with zero attached hydrogens (tertiary/aromatic N) is 2. The van der Waals surface area contributed by atoms with Crippen LogP contribution >= 0.6 is 0 Å². The van der Waals surface area contributed by atoms with Gasteiger partial charge in [0.1, 0.15) is 16.7 Å². The molecule has 0 atom stereocenters. The van der Waals surface area contributed by atoms with Crippen molar-refractivity contribution in [3.63, 3.8) is 0 Å². The summed E-state index contributed by atoms with van der Waals surface area (Å²) >= 11 is 0. The molecule has 4 heteroatoms. The lowest BCUT2D eigenvalue weighted by atomic mass is 10.1. The normalized spacial score (nSPS) is 11.8. The number of para-hydroxylation sites is 1. The summed E-state index contributed by atoms with van der Waals surface area (Å²) in [6.45, 7) is 0. The van der Waals surface area contributed by atoms with E-state index in [1.165, 1.54) is 0 Å². The second-order valence-electron chi connectivity index (χ2n) is 6.32. The minimum Gasteiger partial charge on any atom is -0.456 e. The molecule has 122 valence electrons. The predicted molar refractivity (Wildman–Crippen MR) is 102 cm³/mol. The molecule has 6 aromatic rings. The van der Waals surface area contributed by atoms with Gasteiger partial charge in [-0.15, -0.1) is 0 Å². The molecule has 0 radical (unpaired) electrons. The molecule has 0 aliphatic heterocycles. The first-order valence-electron chi connectivity index (χ1n) is 8.43. The van der Waals surface area contributed by atoms with E-state index in [9.17, 15) is 0 Å². The van der Waals surface area contributed by atoms with E-state index >= 15 is 0 Å². The summed E-state index contributed by atoms with van der Waals surface area (Å²) in [6.07, 6.45) is 1.84. The fourth-order valence-electron chi connectivity index (χ4n) is 3.51. The zero-order valence-electron chi connectivity index (χ0n) is 13.6. The summed E-state index contributed by atoms with van der Waals surface area (Å²) in [4.78, 5) is 9.15. The number of benzene rings is 3. The van der Waals surface area contributed by atoms with Gasteiger partial charge in [0.25, 0.3) is 0 Å². The van der Waals surface area contributed by atoms with Crippen LogP contribution in [0.15, 0.2) is 81.8 Å². The number of aromatic nitrogens is 2. The van der Waals surface area contributed by atoms with Crippen LogP contribution in [0.4, 0.5) is 0 Å². The van der Waals surface area contributed by atoms with Crippen LogP contribution in [0.3, 0.4) is 0 Å². The van der Waals surface area contributed by atoms with Gasteiger partial charge >= 0.3 is 0 Å². The number of furan rings is 2. The van der Waals surface area contributed by atoms with Crippen molar-refractivity contribution in [3.8, 4) is 11.4 Å². The van der Waals surface area contributed by atoms with Crippen LogP contribution in [0.25, 0.3) is 55.4 Å². The minimum absolute atomic E-state index is 0.589. The van der Waals surface area contributed by atoms with Crippen LogP contribution in [0.5, 0.6) is 0 Å². The summed E-state index contributed by atoms with van der Waals surface area (Å²) < 4.78 is 12.0.